The second kappa shape index (κ2) is 7.55. The SMILES string of the molecule is C[C@]1(c2ccc3cc(O[C@H]4CC[C@H](C5CCCC5)CC4)ccc3c2)COC(=O)N1. The lowest BCUT2D eigenvalue weighted by molar-refractivity contribution is 0.111. The number of rotatable bonds is 4. The molecule has 1 atom stereocenters. The quantitative estimate of drug-likeness (QED) is 0.701. The molecular formula is C25H31NO3. The fourth-order valence-electron chi connectivity index (χ4n) is 5.60. The zero-order valence-electron chi connectivity index (χ0n) is 17.3. The molecule has 0 bridgehead atoms. The van der Waals surface area contributed by atoms with E-state index < -0.39 is 5.54 Å². The van der Waals surface area contributed by atoms with Gasteiger partial charge in [-0.05, 0) is 79.0 Å². The maximum absolute atomic E-state index is 11.5. The first-order valence-corrected chi connectivity index (χ1v) is 11.2. The van der Waals surface area contributed by atoms with Crippen LogP contribution in [0, 0.1) is 11.8 Å². The van der Waals surface area contributed by atoms with Crippen molar-refractivity contribution in [3.05, 3.63) is 42.0 Å². The van der Waals surface area contributed by atoms with Gasteiger partial charge in [-0.25, -0.2) is 4.79 Å². The number of cyclic esters (lactones) is 1. The molecule has 29 heavy (non-hydrogen) atoms. The topological polar surface area (TPSA) is 47.6 Å². The van der Waals surface area contributed by atoms with Gasteiger partial charge in [-0.15, -0.1) is 0 Å². The van der Waals surface area contributed by atoms with E-state index in [1.54, 1.807) is 0 Å². The molecule has 1 amide bonds. The van der Waals surface area contributed by atoms with Crippen molar-refractivity contribution in [3.63, 3.8) is 0 Å². The van der Waals surface area contributed by atoms with Gasteiger partial charge in [-0.1, -0.05) is 43.9 Å². The molecule has 2 saturated carbocycles. The average molecular weight is 394 g/mol. The van der Waals surface area contributed by atoms with Crippen LogP contribution in [-0.4, -0.2) is 18.8 Å². The largest absolute Gasteiger partial charge is 0.490 e. The Hall–Kier alpha value is -2.23. The summed E-state index contributed by atoms with van der Waals surface area (Å²) in [6.07, 6.45) is 10.9. The van der Waals surface area contributed by atoms with Crippen LogP contribution in [0.2, 0.25) is 0 Å². The summed E-state index contributed by atoms with van der Waals surface area (Å²) >= 11 is 0. The number of amides is 1. The Kier molecular flexibility index (Phi) is 4.89. The van der Waals surface area contributed by atoms with E-state index in [9.17, 15) is 4.79 Å². The summed E-state index contributed by atoms with van der Waals surface area (Å²) in [6.45, 7) is 2.36. The van der Waals surface area contributed by atoms with Crippen molar-refractivity contribution >= 4 is 16.9 Å². The predicted molar refractivity (Wildman–Crippen MR) is 114 cm³/mol. The highest BCUT2D eigenvalue weighted by Gasteiger charge is 2.36. The average Bonchev–Trinajstić information content (AvgIpc) is 3.39. The van der Waals surface area contributed by atoms with Crippen LogP contribution in [-0.2, 0) is 10.3 Å². The molecule has 1 N–H and O–H groups in total. The highest BCUT2D eigenvalue weighted by atomic mass is 16.6. The number of hydrogen-bond donors (Lipinski definition) is 1. The number of fused-ring (bicyclic) bond motifs is 1. The summed E-state index contributed by atoms with van der Waals surface area (Å²) in [4.78, 5) is 11.5. The van der Waals surface area contributed by atoms with E-state index in [1.165, 1.54) is 56.8 Å². The fourth-order valence-corrected chi connectivity index (χ4v) is 5.60. The summed E-state index contributed by atoms with van der Waals surface area (Å²) in [7, 11) is 0. The standard InChI is InChI=1S/C25H31NO3/c1-25(16-28-24(27)26-25)21-10-6-20-15-23(13-9-19(20)14-21)29-22-11-7-18(8-12-22)17-4-2-3-5-17/h6,9-10,13-15,17-18,22H,2-5,7-8,11-12,16H2,1H3,(H,26,27)/t18-,22-,25-/m1/s1. The van der Waals surface area contributed by atoms with Crippen LogP contribution in [0.5, 0.6) is 5.75 Å². The first-order valence-electron chi connectivity index (χ1n) is 11.2. The van der Waals surface area contributed by atoms with Crippen molar-refractivity contribution in [2.45, 2.75) is 69.9 Å². The third-order valence-electron chi connectivity index (χ3n) is 7.41. The number of ether oxygens (including phenoxy) is 2. The minimum atomic E-state index is -0.460. The van der Waals surface area contributed by atoms with Crippen molar-refractivity contribution in [1.29, 1.82) is 0 Å². The van der Waals surface area contributed by atoms with Crippen LogP contribution in [0.1, 0.15) is 63.9 Å². The van der Waals surface area contributed by atoms with Gasteiger partial charge >= 0.3 is 6.09 Å². The predicted octanol–water partition coefficient (Wildman–Crippen LogP) is 5.92. The van der Waals surface area contributed by atoms with E-state index in [4.69, 9.17) is 9.47 Å². The van der Waals surface area contributed by atoms with Gasteiger partial charge in [-0.2, -0.15) is 0 Å². The molecule has 4 heteroatoms. The first kappa shape index (κ1) is 18.8. The van der Waals surface area contributed by atoms with Gasteiger partial charge in [0.1, 0.15) is 12.4 Å². The van der Waals surface area contributed by atoms with Crippen molar-refractivity contribution in [1.82, 2.24) is 5.32 Å². The summed E-state index contributed by atoms with van der Waals surface area (Å²) < 4.78 is 11.5. The molecule has 2 aliphatic carbocycles. The second-order valence-corrected chi connectivity index (χ2v) is 9.46. The number of alkyl carbamates (subject to hydrolysis) is 1. The molecule has 154 valence electrons. The molecule has 0 spiro atoms. The zero-order chi connectivity index (χ0) is 19.8. The van der Waals surface area contributed by atoms with Gasteiger partial charge < -0.3 is 14.8 Å². The molecule has 2 aromatic rings. The first-order chi connectivity index (χ1) is 14.1. The molecule has 1 heterocycles. The third kappa shape index (κ3) is 3.82. The molecule has 0 unspecified atom stereocenters. The highest BCUT2D eigenvalue weighted by Crippen LogP contribution is 2.40. The Morgan fingerprint density at radius 1 is 0.931 bits per heavy atom. The van der Waals surface area contributed by atoms with Gasteiger partial charge in [-0.3, -0.25) is 0 Å². The molecule has 4 nitrogen and oxygen atoms in total. The van der Waals surface area contributed by atoms with Crippen LogP contribution < -0.4 is 10.1 Å². The van der Waals surface area contributed by atoms with Crippen LogP contribution in [0.4, 0.5) is 4.79 Å². The Morgan fingerprint density at radius 2 is 1.62 bits per heavy atom. The number of benzene rings is 2. The van der Waals surface area contributed by atoms with Crippen LogP contribution >= 0.6 is 0 Å². The maximum atomic E-state index is 11.5. The molecule has 1 saturated heterocycles. The number of carbonyl (C=O) groups is 1. The zero-order valence-corrected chi connectivity index (χ0v) is 17.3. The number of hydrogen-bond acceptors (Lipinski definition) is 3. The lowest BCUT2D eigenvalue weighted by atomic mass is 9.78. The molecule has 5 rings (SSSR count). The Balaban J connectivity index is 1.25. The second-order valence-electron chi connectivity index (χ2n) is 9.46. The van der Waals surface area contributed by atoms with Gasteiger partial charge in [0, 0.05) is 0 Å². The molecule has 1 aliphatic heterocycles. The third-order valence-corrected chi connectivity index (χ3v) is 7.41. The summed E-state index contributed by atoms with van der Waals surface area (Å²) in [5.41, 5.74) is 0.605. The molecule has 3 fully saturated rings. The smallest absolute Gasteiger partial charge is 0.408 e. The van der Waals surface area contributed by atoms with Crippen molar-refractivity contribution in [2.24, 2.45) is 11.8 Å². The highest BCUT2D eigenvalue weighted by molar-refractivity contribution is 5.85. The number of carbonyl (C=O) groups excluding carboxylic acids is 1. The Morgan fingerprint density at radius 3 is 2.34 bits per heavy atom. The minimum Gasteiger partial charge on any atom is -0.490 e. The lowest BCUT2D eigenvalue weighted by Crippen LogP contribution is -2.37. The summed E-state index contributed by atoms with van der Waals surface area (Å²) in [5, 5.41) is 5.24. The Labute approximate surface area is 173 Å². The van der Waals surface area contributed by atoms with Gasteiger partial charge in [0.25, 0.3) is 0 Å². The van der Waals surface area contributed by atoms with E-state index in [0.29, 0.717) is 12.7 Å². The van der Waals surface area contributed by atoms with Crippen LogP contribution in [0.25, 0.3) is 10.8 Å². The molecule has 0 radical (unpaired) electrons. The summed E-state index contributed by atoms with van der Waals surface area (Å²) in [6, 6.07) is 12.7. The van der Waals surface area contributed by atoms with Gasteiger partial charge in [0.15, 0.2) is 0 Å². The molecule has 3 aliphatic rings. The van der Waals surface area contributed by atoms with E-state index in [-0.39, 0.29) is 6.09 Å². The molecular weight excluding hydrogens is 362 g/mol. The maximum Gasteiger partial charge on any atom is 0.408 e. The van der Waals surface area contributed by atoms with Crippen molar-refractivity contribution in [3.8, 4) is 5.75 Å². The van der Waals surface area contributed by atoms with Crippen molar-refractivity contribution < 1.29 is 14.3 Å². The normalized spacial score (nSPS) is 30.3. The fraction of sp³-hybridized carbons (Fsp3) is 0.560. The molecule has 2 aromatic carbocycles. The van der Waals surface area contributed by atoms with Crippen LogP contribution in [0.3, 0.4) is 0 Å². The van der Waals surface area contributed by atoms with Gasteiger partial charge in [0.05, 0.1) is 11.6 Å². The number of nitrogens with one attached hydrogen (secondary N) is 1. The minimum absolute atomic E-state index is 0.348. The van der Waals surface area contributed by atoms with E-state index in [0.717, 1.165) is 28.5 Å². The summed E-state index contributed by atoms with van der Waals surface area (Å²) in [5.74, 6) is 2.90. The van der Waals surface area contributed by atoms with E-state index >= 15 is 0 Å². The molecule has 0 aromatic heterocycles. The monoisotopic (exact) mass is 393 g/mol. The Bertz CT molecular complexity index is 896. The van der Waals surface area contributed by atoms with E-state index in [1.807, 2.05) is 6.92 Å². The lowest BCUT2D eigenvalue weighted by Gasteiger charge is -2.32. The van der Waals surface area contributed by atoms with E-state index in [2.05, 4.69) is 41.7 Å². The van der Waals surface area contributed by atoms with Crippen molar-refractivity contribution in [2.75, 3.05) is 6.61 Å². The van der Waals surface area contributed by atoms with Crippen LogP contribution in [0.15, 0.2) is 36.4 Å². The van der Waals surface area contributed by atoms with Gasteiger partial charge in [0.2, 0.25) is 0 Å².